The third-order valence-electron chi connectivity index (χ3n) is 3.94. The Hall–Kier alpha value is -2.33. The van der Waals surface area contributed by atoms with Crippen molar-refractivity contribution in [2.75, 3.05) is 6.61 Å². The number of hydrogen-bond donors (Lipinski definition) is 2. The molecule has 0 saturated heterocycles. The van der Waals surface area contributed by atoms with Gasteiger partial charge >= 0.3 is 6.09 Å². The topological polar surface area (TPSA) is 78.3 Å². The Bertz CT molecular complexity index is 624. The summed E-state index contributed by atoms with van der Waals surface area (Å²) in [5.74, 6) is 0.240. The van der Waals surface area contributed by atoms with Gasteiger partial charge in [0.15, 0.2) is 0 Å². The van der Waals surface area contributed by atoms with E-state index < -0.39 is 6.09 Å². The maximum absolute atomic E-state index is 10.7. The van der Waals surface area contributed by atoms with E-state index in [-0.39, 0.29) is 18.6 Å². The molecule has 2 aromatic carbocycles. The highest BCUT2D eigenvalue weighted by Gasteiger charge is 2.29. The molecule has 0 aliphatic heterocycles. The maximum atomic E-state index is 10.7. The summed E-state index contributed by atoms with van der Waals surface area (Å²) < 4.78 is 4.80. The van der Waals surface area contributed by atoms with Crippen LogP contribution in [0.1, 0.15) is 23.5 Å². The highest BCUT2D eigenvalue weighted by molar-refractivity contribution is 5.78. The van der Waals surface area contributed by atoms with Gasteiger partial charge in [-0.1, -0.05) is 48.5 Å². The smallest absolute Gasteiger partial charge is 0.404 e. The number of amides is 1. The van der Waals surface area contributed by atoms with Crippen LogP contribution in [0.4, 0.5) is 4.79 Å². The zero-order valence-corrected chi connectivity index (χ0v) is 11.7. The first-order valence-corrected chi connectivity index (χ1v) is 7.03. The second-order valence-electron chi connectivity index (χ2n) is 5.35. The SMILES string of the molecule is NC(=O)OCC(N)CC1c2ccccc2-c2ccccc21. The molecule has 2 aromatic rings. The molecule has 0 fully saturated rings. The number of carbonyl (C=O) groups excluding carboxylic acids is 1. The van der Waals surface area contributed by atoms with Gasteiger partial charge in [-0.05, 0) is 28.7 Å². The van der Waals surface area contributed by atoms with Crippen molar-refractivity contribution in [1.29, 1.82) is 0 Å². The highest BCUT2D eigenvalue weighted by Crippen LogP contribution is 2.46. The molecule has 4 nitrogen and oxygen atoms in total. The number of rotatable bonds is 4. The molecule has 0 heterocycles. The van der Waals surface area contributed by atoms with Crippen LogP contribution in [-0.4, -0.2) is 18.7 Å². The quantitative estimate of drug-likeness (QED) is 0.904. The lowest BCUT2D eigenvalue weighted by atomic mass is 9.90. The average molecular weight is 282 g/mol. The zero-order chi connectivity index (χ0) is 14.8. The molecule has 1 aliphatic carbocycles. The summed E-state index contributed by atoms with van der Waals surface area (Å²) >= 11 is 0. The van der Waals surface area contributed by atoms with Crippen molar-refractivity contribution in [2.45, 2.75) is 18.4 Å². The molecule has 0 spiro atoms. The van der Waals surface area contributed by atoms with Gasteiger partial charge in [0.05, 0.1) is 0 Å². The van der Waals surface area contributed by atoms with Gasteiger partial charge < -0.3 is 16.2 Å². The van der Waals surface area contributed by atoms with E-state index in [1.54, 1.807) is 0 Å². The monoisotopic (exact) mass is 282 g/mol. The molecule has 0 saturated carbocycles. The molecule has 1 aliphatic rings. The van der Waals surface area contributed by atoms with Gasteiger partial charge in [-0.3, -0.25) is 0 Å². The van der Waals surface area contributed by atoms with E-state index in [1.165, 1.54) is 22.3 Å². The molecule has 1 atom stereocenters. The minimum atomic E-state index is -0.780. The summed E-state index contributed by atoms with van der Waals surface area (Å²) in [6.07, 6.45) is -0.0564. The number of nitrogens with two attached hydrogens (primary N) is 2. The lowest BCUT2D eigenvalue weighted by Gasteiger charge is -2.18. The van der Waals surface area contributed by atoms with Crippen LogP contribution < -0.4 is 11.5 Å². The Morgan fingerprint density at radius 2 is 1.57 bits per heavy atom. The van der Waals surface area contributed by atoms with Gasteiger partial charge in [0.1, 0.15) is 6.61 Å². The lowest BCUT2D eigenvalue weighted by Crippen LogP contribution is -2.31. The van der Waals surface area contributed by atoms with Crippen LogP contribution in [0.5, 0.6) is 0 Å². The van der Waals surface area contributed by atoms with Gasteiger partial charge in [-0.15, -0.1) is 0 Å². The van der Waals surface area contributed by atoms with Crippen molar-refractivity contribution in [3.05, 3.63) is 59.7 Å². The molecule has 4 N–H and O–H groups in total. The van der Waals surface area contributed by atoms with Crippen LogP contribution in [-0.2, 0) is 4.74 Å². The Morgan fingerprint density at radius 1 is 1.05 bits per heavy atom. The number of hydrogen-bond acceptors (Lipinski definition) is 3. The van der Waals surface area contributed by atoms with E-state index in [0.717, 1.165) is 6.42 Å². The van der Waals surface area contributed by atoms with Crippen LogP contribution in [0.15, 0.2) is 48.5 Å². The molecule has 0 radical (unpaired) electrons. The first-order chi connectivity index (χ1) is 10.2. The van der Waals surface area contributed by atoms with E-state index in [1.807, 2.05) is 24.3 Å². The Morgan fingerprint density at radius 3 is 2.10 bits per heavy atom. The maximum Gasteiger partial charge on any atom is 0.404 e. The van der Waals surface area contributed by atoms with Crippen LogP contribution >= 0.6 is 0 Å². The predicted octanol–water partition coefficient (Wildman–Crippen LogP) is 2.61. The van der Waals surface area contributed by atoms with Crippen molar-refractivity contribution in [3.8, 4) is 11.1 Å². The van der Waals surface area contributed by atoms with Gasteiger partial charge in [0, 0.05) is 12.0 Å². The zero-order valence-electron chi connectivity index (χ0n) is 11.7. The fraction of sp³-hybridized carbons (Fsp3) is 0.235. The molecule has 108 valence electrons. The molecule has 21 heavy (non-hydrogen) atoms. The molecular weight excluding hydrogens is 264 g/mol. The largest absolute Gasteiger partial charge is 0.448 e. The third-order valence-corrected chi connectivity index (χ3v) is 3.94. The van der Waals surface area contributed by atoms with Crippen molar-refractivity contribution < 1.29 is 9.53 Å². The lowest BCUT2D eigenvalue weighted by molar-refractivity contribution is 0.147. The standard InChI is InChI=1S/C17H18N2O2/c18-11(10-21-17(19)20)9-16-14-7-3-1-5-12(14)13-6-2-4-8-15(13)16/h1-8,11,16H,9-10,18H2,(H2,19,20). The summed E-state index contributed by atoms with van der Waals surface area (Å²) in [6.45, 7) is 0.149. The molecule has 0 aromatic heterocycles. The third kappa shape index (κ3) is 2.62. The number of ether oxygens (including phenoxy) is 1. The van der Waals surface area contributed by atoms with Crippen LogP contribution in [0, 0.1) is 0 Å². The molecule has 1 unspecified atom stereocenters. The van der Waals surface area contributed by atoms with Gasteiger partial charge in [-0.25, -0.2) is 4.79 Å². The van der Waals surface area contributed by atoms with Crippen molar-refractivity contribution in [1.82, 2.24) is 0 Å². The van der Waals surface area contributed by atoms with Gasteiger partial charge in [0.25, 0.3) is 0 Å². The van der Waals surface area contributed by atoms with Gasteiger partial charge in [-0.2, -0.15) is 0 Å². The van der Waals surface area contributed by atoms with Crippen molar-refractivity contribution >= 4 is 6.09 Å². The van der Waals surface area contributed by atoms with Crippen molar-refractivity contribution in [3.63, 3.8) is 0 Å². The normalized spacial score (nSPS) is 14.3. The number of primary amides is 1. The number of benzene rings is 2. The summed E-state index contributed by atoms with van der Waals surface area (Å²) in [5, 5.41) is 0. The summed E-state index contributed by atoms with van der Waals surface area (Å²) in [7, 11) is 0. The van der Waals surface area contributed by atoms with Crippen LogP contribution in [0.25, 0.3) is 11.1 Å². The van der Waals surface area contributed by atoms with E-state index >= 15 is 0 Å². The van der Waals surface area contributed by atoms with E-state index in [0.29, 0.717) is 0 Å². The Balaban J connectivity index is 1.87. The highest BCUT2D eigenvalue weighted by atomic mass is 16.5. The minimum absolute atomic E-state index is 0.149. The fourth-order valence-electron chi connectivity index (χ4n) is 3.07. The summed E-state index contributed by atoms with van der Waals surface area (Å²) in [4.78, 5) is 10.7. The Kier molecular flexibility index (Phi) is 3.62. The van der Waals surface area contributed by atoms with E-state index in [2.05, 4.69) is 24.3 Å². The number of carbonyl (C=O) groups is 1. The molecule has 0 bridgehead atoms. The molecule has 3 rings (SSSR count). The second-order valence-corrected chi connectivity index (χ2v) is 5.35. The molecular formula is C17H18N2O2. The van der Waals surface area contributed by atoms with E-state index in [9.17, 15) is 4.79 Å². The Labute approximate surface area is 123 Å². The van der Waals surface area contributed by atoms with Crippen LogP contribution in [0.2, 0.25) is 0 Å². The average Bonchev–Trinajstić information content (AvgIpc) is 2.80. The number of fused-ring (bicyclic) bond motifs is 3. The van der Waals surface area contributed by atoms with Crippen molar-refractivity contribution in [2.24, 2.45) is 11.5 Å². The second kappa shape index (κ2) is 5.58. The fourth-order valence-corrected chi connectivity index (χ4v) is 3.07. The molecule has 4 heteroatoms. The predicted molar refractivity (Wildman–Crippen MR) is 81.8 cm³/mol. The summed E-state index contributed by atoms with van der Waals surface area (Å²) in [6, 6.07) is 16.5. The van der Waals surface area contributed by atoms with E-state index in [4.69, 9.17) is 16.2 Å². The summed E-state index contributed by atoms with van der Waals surface area (Å²) in [5.41, 5.74) is 16.2. The van der Waals surface area contributed by atoms with Crippen LogP contribution in [0.3, 0.4) is 0 Å². The minimum Gasteiger partial charge on any atom is -0.448 e. The molecule has 1 amide bonds. The first kappa shape index (κ1) is 13.6. The first-order valence-electron chi connectivity index (χ1n) is 7.03. The van der Waals surface area contributed by atoms with Gasteiger partial charge in [0.2, 0.25) is 0 Å².